The number of carboxylic acid groups (broad SMARTS) is 1. The Kier molecular flexibility index (Phi) is 1.58. The zero-order valence-electron chi connectivity index (χ0n) is 7.54. The van der Waals surface area contributed by atoms with Crippen LogP contribution in [0.1, 0.15) is 10.4 Å². The Morgan fingerprint density at radius 2 is 2.40 bits per heavy atom. The van der Waals surface area contributed by atoms with Gasteiger partial charge in [0.25, 0.3) is 0 Å². The van der Waals surface area contributed by atoms with Gasteiger partial charge in [0.2, 0.25) is 0 Å². The number of aromatic carboxylic acids is 1. The van der Waals surface area contributed by atoms with E-state index in [1.165, 1.54) is 11.3 Å². The molecule has 0 saturated carbocycles. The quantitative estimate of drug-likeness (QED) is 0.681. The minimum Gasteiger partial charge on any atom is -0.478 e. The highest BCUT2D eigenvalue weighted by molar-refractivity contribution is 7.17. The number of thiophene rings is 1. The lowest BCUT2D eigenvalue weighted by atomic mass is 10.2. The molecule has 0 spiro atoms. The molecule has 3 aromatic rings. The SMILES string of the molecule is O=C(O)c1cn2cncc2c2ccsc12. The molecule has 0 saturated heterocycles. The van der Waals surface area contributed by atoms with Crippen molar-refractivity contribution in [2.45, 2.75) is 0 Å². The van der Waals surface area contributed by atoms with Gasteiger partial charge in [0.15, 0.2) is 0 Å². The third kappa shape index (κ3) is 1.07. The van der Waals surface area contributed by atoms with E-state index in [4.69, 9.17) is 5.11 Å². The van der Waals surface area contributed by atoms with Crippen molar-refractivity contribution in [2.75, 3.05) is 0 Å². The smallest absolute Gasteiger partial charge is 0.338 e. The van der Waals surface area contributed by atoms with Gasteiger partial charge in [-0.25, -0.2) is 9.78 Å². The molecule has 0 aromatic carbocycles. The number of hydrogen-bond donors (Lipinski definition) is 1. The van der Waals surface area contributed by atoms with E-state index >= 15 is 0 Å². The highest BCUT2D eigenvalue weighted by Gasteiger charge is 2.13. The Hall–Kier alpha value is -1.88. The van der Waals surface area contributed by atoms with Crippen molar-refractivity contribution in [1.82, 2.24) is 9.38 Å². The van der Waals surface area contributed by atoms with Crippen LogP contribution in [0.3, 0.4) is 0 Å². The van der Waals surface area contributed by atoms with Gasteiger partial charge in [-0.3, -0.25) is 0 Å². The van der Waals surface area contributed by atoms with Crippen molar-refractivity contribution < 1.29 is 9.90 Å². The Balaban J connectivity index is 2.59. The molecule has 0 aliphatic heterocycles. The van der Waals surface area contributed by atoms with Crippen LogP contribution in [-0.4, -0.2) is 20.5 Å². The van der Waals surface area contributed by atoms with Crippen LogP contribution in [-0.2, 0) is 0 Å². The van der Waals surface area contributed by atoms with Crippen LogP contribution >= 0.6 is 11.3 Å². The van der Waals surface area contributed by atoms with Gasteiger partial charge in [0, 0.05) is 11.6 Å². The molecule has 3 heterocycles. The lowest BCUT2D eigenvalue weighted by Crippen LogP contribution is -1.98. The molecule has 3 rings (SSSR count). The second-order valence-electron chi connectivity index (χ2n) is 3.20. The van der Waals surface area contributed by atoms with Crippen molar-refractivity contribution in [3.63, 3.8) is 0 Å². The molecule has 1 N–H and O–H groups in total. The normalized spacial score (nSPS) is 11.2. The summed E-state index contributed by atoms with van der Waals surface area (Å²) in [6, 6.07) is 1.92. The summed E-state index contributed by atoms with van der Waals surface area (Å²) in [7, 11) is 0. The average Bonchev–Trinajstić information content (AvgIpc) is 2.83. The van der Waals surface area contributed by atoms with E-state index in [2.05, 4.69) is 4.98 Å². The van der Waals surface area contributed by atoms with Crippen molar-refractivity contribution in [1.29, 1.82) is 0 Å². The molecule has 0 amide bonds. The first-order valence-corrected chi connectivity index (χ1v) is 5.20. The molecular weight excluding hydrogens is 212 g/mol. The van der Waals surface area contributed by atoms with Gasteiger partial charge in [-0.1, -0.05) is 0 Å². The van der Waals surface area contributed by atoms with E-state index in [0.717, 1.165) is 15.6 Å². The second-order valence-corrected chi connectivity index (χ2v) is 4.11. The zero-order chi connectivity index (χ0) is 10.4. The molecule has 0 bridgehead atoms. The van der Waals surface area contributed by atoms with Gasteiger partial charge < -0.3 is 9.51 Å². The van der Waals surface area contributed by atoms with Crippen LogP contribution in [0.2, 0.25) is 0 Å². The van der Waals surface area contributed by atoms with Crippen LogP contribution in [0.4, 0.5) is 0 Å². The molecular formula is C10H6N2O2S. The molecule has 74 valence electrons. The van der Waals surface area contributed by atoms with E-state index in [1.807, 2.05) is 11.4 Å². The fourth-order valence-corrected chi connectivity index (χ4v) is 2.59. The summed E-state index contributed by atoms with van der Waals surface area (Å²) < 4.78 is 2.54. The average molecular weight is 218 g/mol. The molecule has 5 heteroatoms. The van der Waals surface area contributed by atoms with Crippen LogP contribution in [0, 0.1) is 0 Å². The Morgan fingerprint density at radius 3 is 3.20 bits per heavy atom. The molecule has 0 radical (unpaired) electrons. The van der Waals surface area contributed by atoms with Crippen LogP contribution in [0.25, 0.3) is 15.6 Å². The Morgan fingerprint density at radius 1 is 1.53 bits per heavy atom. The monoisotopic (exact) mass is 218 g/mol. The molecule has 0 aliphatic carbocycles. The molecule has 3 aromatic heterocycles. The highest BCUT2D eigenvalue weighted by Crippen LogP contribution is 2.28. The summed E-state index contributed by atoms with van der Waals surface area (Å²) in [4.78, 5) is 15.1. The number of rotatable bonds is 1. The maximum absolute atomic E-state index is 11.1. The zero-order valence-corrected chi connectivity index (χ0v) is 8.36. The standard InChI is InChI=1S/C10H6N2O2S/c13-10(14)7-4-12-5-11-3-8(12)6-1-2-15-9(6)7/h1-5H,(H,13,14). The summed E-state index contributed by atoms with van der Waals surface area (Å²) in [5.41, 5.74) is 1.27. The number of nitrogens with zero attached hydrogens (tertiary/aromatic N) is 2. The maximum Gasteiger partial charge on any atom is 0.338 e. The van der Waals surface area contributed by atoms with Crippen LogP contribution in [0.5, 0.6) is 0 Å². The topological polar surface area (TPSA) is 54.6 Å². The molecule has 0 aliphatic rings. The van der Waals surface area contributed by atoms with E-state index in [-0.39, 0.29) is 0 Å². The highest BCUT2D eigenvalue weighted by atomic mass is 32.1. The van der Waals surface area contributed by atoms with E-state index in [0.29, 0.717) is 5.56 Å². The minimum atomic E-state index is -0.905. The van der Waals surface area contributed by atoms with Crippen molar-refractivity contribution in [3.05, 3.63) is 35.7 Å². The number of imidazole rings is 1. The number of fused-ring (bicyclic) bond motifs is 3. The van der Waals surface area contributed by atoms with E-state index in [1.54, 1.807) is 23.1 Å². The van der Waals surface area contributed by atoms with Crippen LogP contribution in [0.15, 0.2) is 30.2 Å². The van der Waals surface area contributed by atoms with Crippen LogP contribution < -0.4 is 0 Å². The first-order valence-electron chi connectivity index (χ1n) is 4.32. The number of pyridine rings is 1. The number of hydrogen-bond acceptors (Lipinski definition) is 3. The third-order valence-electron chi connectivity index (χ3n) is 2.35. The van der Waals surface area contributed by atoms with Gasteiger partial charge in [-0.2, -0.15) is 0 Å². The van der Waals surface area contributed by atoms with Crippen molar-refractivity contribution in [2.24, 2.45) is 0 Å². The maximum atomic E-state index is 11.1. The number of carbonyl (C=O) groups is 1. The Labute approximate surface area is 88.4 Å². The van der Waals surface area contributed by atoms with Crippen molar-refractivity contribution in [3.8, 4) is 0 Å². The molecule has 0 fully saturated rings. The van der Waals surface area contributed by atoms with E-state index < -0.39 is 5.97 Å². The first-order chi connectivity index (χ1) is 7.27. The van der Waals surface area contributed by atoms with Gasteiger partial charge in [-0.05, 0) is 11.4 Å². The largest absolute Gasteiger partial charge is 0.478 e. The molecule has 15 heavy (non-hydrogen) atoms. The van der Waals surface area contributed by atoms with E-state index in [9.17, 15) is 4.79 Å². The fraction of sp³-hybridized carbons (Fsp3) is 0. The second kappa shape index (κ2) is 2.80. The lowest BCUT2D eigenvalue weighted by molar-refractivity contribution is 0.0698. The minimum absolute atomic E-state index is 0.325. The summed E-state index contributed by atoms with van der Waals surface area (Å²) in [5, 5.41) is 11.9. The summed E-state index contributed by atoms with van der Waals surface area (Å²) in [6.07, 6.45) is 4.95. The molecule has 0 atom stereocenters. The van der Waals surface area contributed by atoms with Gasteiger partial charge in [-0.15, -0.1) is 11.3 Å². The predicted molar refractivity (Wildman–Crippen MR) is 57.5 cm³/mol. The predicted octanol–water partition coefficient (Wildman–Crippen LogP) is 2.25. The molecule has 4 nitrogen and oxygen atoms in total. The van der Waals surface area contributed by atoms with Crippen molar-refractivity contribution >= 4 is 32.9 Å². The fourth-order valence-electron chi connectivity index (χ4n) is 1.69. The molecule has 0 unspecified atom stereocenters. The summed E-state index contributed by atoms with van der Waals surface area (Å²) >= 11 is 1.44. The Bertz CT molecular complexity index is 668. The van der Waals surface area contributed by atoms with Gasteiger partial charge >= 0.3 is 5.97 Å². The van der Waals surface area contributed by atoms with Gasteiger partial charge in [0.05, 0.1) is 28.3 Å². The number of aromatic nitrogens is 2. The summed E-state index contributed by atoms with van der Waals surface area (Å²) in [6.45, 7) is 0. The summed E-state index contributed by atoms with van der Waals surface area (Å²) in [5.74, 6) is -0.905. The first kappa shape index (κ1) is 8.43. The third-order valence-corrected chi connectivity index (χ3v) is 3.30. The number of carboxylic acids is 1. The van der Waals surface area contributed by atoms with Gasteiger partial charge in [0.1, 0.15) is 0 Å². The lowest BCUT2D eigenvalue weighted by Gasteiger charge is -2.00.